The second kappa shape index (κ2) is 12.6. The minimum atomic E-state index is -1.33. The van der Waals surface area contributed by atoms with Gasteiger partial charge < -0.3 is 35.4 Å². The first-order valence-electron chi connectivity index (χ1n) is 12.9. The molecule has 0 radical (unpaired) electrons. The van der Waals surface area contributed by atoms with Crippen LogP contribution < -0.4 is 21.2 Å². The number of thiazole rings is 1. The highest BCUT2D eigenvalue weighted by Gasteiger charge is 2.54. The van der Waals surface area contributed by atoms with Gasteiger partial charge in [0.15, 0.2) is 16.6 Å². The summed E-state index contributed by atoms with van der Waals surface area (Å²) >= 11 is 2.37. The van der Waals surface area contributed by atoms with Crippen molar-refractivity contribution in [1.29, 1.82) is 0 Å². The number of pyridine rings is 1. The van der Waals surface area contributed by atoms with Gasteiger partial charge in [-0.25, -0.2) is 9.78 Å². The summed E-state index contributed by atoms with van der Waals surface area (Å²) in [4.78, 5) is 60.7. The summed E-state index contributed by atoms with van der Waals surface area (Å²) in [6.45, 7) is 0.299. The van der Waals surface area contributed by atoms with E-state index < -0.39 is 40.4 Å². The Morgan fingerprint density at radius 3 is 2.61 bits per heavy atom. The number of nitrogens with zero attached hydrogens (tertiary/aromatic N) is 4. The number of fused-ring (bicyclic) bond motifs is 1. The van der Waals surface area contributed by atoms with Crippen molar-refractivity contribution in [2.24, 2.45) is 5.16 Å². The van der Waals surface area contributed by atoms with Gasteiger partial charge in [-0.15, -0.1) is 23.1 Å². The van der Waals surface area contributed by atoms with Crippen LogP contribution in [0.2, 0.25) is 0 Å². The van der Waals surface area contributed by atoms with Crippen molar-refractivity contribution in [3.05, 3.63) is 86.4 Å². The Morgan fingerprint density at radius 1 is 1.23 bits per heavy atom. The lowest BCUT2D eigenvalue weighted by atomic mass is 10.0. The van der Waals surface area contributed by atoms with Gasteiger partial charge in [-0.2, -0.15) is 0 Å². The van der Waals surface area contributed by atoms with Crippen LogP contribution in [0.25, 0.3) is 6.08 Å². The maximum Gasteiger partial charge on any atom is 0.352 e. The zero-order valence-electron chi connectivity index (χ0n) is 23.3. The maximum absolute atomic E-state index is 13.2. The largest absolute Gasteiger partial charge is 0.503 e. The number of nitrogen functional groups attached to an aromatic ring is 1. The van der Waals surface area contributed by atoms with Crippen molar-refractivity contribution >= 4 is 57.8 Å². The topological polar surface area (TPSA) is 199 Å². The first-order chi connectivity index (χ1) is 21.1. The van der Waals surface area contributed by atoms with Crippen LogP contribution in [0.4, 0.5) is 5.13 Å². The molecule has 1 fully saturated rings. The number of carboxylic acids is 1. The number of thioether (sulfide) groups is 1. The molecule has 0 bridgehead atoms. The Balaban J connectivity index is 1.38. The molecule has 2 aromatic heterocycles. The van der Waals surface area contributed by atoms with E-state index in [4.69, 9.17) is 15.3 Å². The molecule has 2 amide bonds. The van der Waals surface area contributed by atoms with Crippen molar-refractivity contribution in [3.63, 3.8) is 0 Å². The van der Waals surface area contributed by atoms with E-state index in [2.05, 4.69) is 15.5 Å². The SMILES string of the molecule is CON=C(C(=O)N[C@@H]1C(=O)N2C(C(=O)O)=C(C=Cc3cc(=O)c(O)cn3Cc3ccc(OC)cc3)CS[C@H]12)c1csc(N)n1. The molecule has 5 N–H and O–H groups in total. The summed E-state index contributed by atoms with van der Waals surface area (Å²) in [5.74, 6) is -2.24. The summed E-state index contributed by atoms with van der Waals surface area (Å²) in [5, 5.41) is 27.5. The fraction of sp³-hybridized carbons (Fsp3) is 0.214. The Kier molecular flexibility index (Phi) is 8.73. The van der Waals surface area contributed by atoms with Crippen LogP contribution in [0, 0.1) is 0 Å². The molecular weight excluding hydrogens is 612 g/mol. The molecule has 0 spiro atoms. The summed E-state index contributed by atoms with van der Waals surface area (Å²) < 4.78 is 6.83. The number of ether oxygens (including phenoxy) is 1. The van der Waals surface area contributed by atoms with E-state index in [-0.39, 0.29) is 28.0 Å². The van der Waals surface area contributed by atoms with E-state index in [0.717, 1.165) is 21.8 Å². The molecule has 2 aliphatic rings. The fourth-order valence-corrected chi connectivity index (χ4v) is 6.51. The van der Waals surface area contributed by atoms with Crippen LogP contribution in [0.3, 0.4) is 0 Å². The number of carboxylic acid groups (broad SMARTS) is 1. The molecule has 4 heterocycles. The lowest BCUT2D eigenvalue weighted by molar-refractivity contribution is -0.150. The van der Waals surface area contributed by atoms with Crippen LogP contribution in [0.5, 0.6) is 11.5 Å². The van der Waals surface area contributed by atoms with E-state index in [1.165, 1.54) is 42.6 Å². The highest BCUT2D eigenvalue weighted by Crippen LogP contribution is 2.41. The van der Waals surface area contributed by atoms with Gasteiger partial charge in [0.05, 0.1) is 13.3 Å². The number of aliphatic carboxylic acids is 1. The third kappa shape index (κ3) is 6.02. The Labute approximate surface area is 258 Å². The molecule has 0 aliphatic carbocycles. The van der Waals surface area contributed by atoms with Gasteiger partial charge in [-0.3, -0.25) is 19.3 Å². The number of rotatable bonds is 10. The number of aromatic hydroxyl groups is 1. The molecule has 16 heteroatoms. The molecule has 44 heavy (non-hydrogen) atoms. The normalized spacial score (nSPS) is 18.2. The van der Waals surface area contributed by atoms with E-state index in [1.54, 1.807) is 29.9 Å². The number of carbonyl (C=O) groups is 3. The number of methoxy groups -OCH3 is 1. The number of amides is 2. The summed E-state index contributed by atoms with van der Waals surface area (Å²) in [6.07, 6.45) is 4.38. The van der Waals surface area contributed by atoms with E-state index in [1.807, 2.05) is 12.1 Å². The van der Waals surface area contributed by atoms with Crippen molar-refractivity contribution in [3.8, 4) is 11.5 Å². The minimum Gasteiger partial charge on any atom is -0.503 e. The summed E-state index contributed by atoms with van der Waals surface area (Å²) in [7, 11) is 2.81. The Morgan fingerprint density at radius 2 is 1.98 bits per heavy atom. The average Bonchev–Trinajstić information content (AvgIpc) is 3.44. The smallest absolute Gasteiger partial charge is 0.352 e. The Bertz CT molecular complexity index is 1780. The summed E-state index contributed by atoms with van der Waals surface area (Å²) in [5.41, 5.74) is 6.41. The number of anilines is 1. The molecule has 0 unspecified atom stereocenters. The van der Waals surface area contributed by atoms with Gasteiger partial charge in [0.2, 0.25) is 5.43 Å². The molecular formula is C28H26N6O8S2. The predicted molar refractivity (Wildman–Crippen MR) is 163 cm³/mol. The third-order valence-corrected chi connectivity index (χ3v) is 8.73. The molecule has 14 nitrogen and oxygen atoms in total. The molecule has 1 saturated heterocycles. The Hall–Kier alpha value is -5.09. The van der Waals surface area contributed by atoms with Crippen molar-refractivity contribution in [1.82, 2.24) is 19.8 Å². The first kappa shape index (κ1) is 30.4. The lowest BCUT2D eigenvalue weighted by Crippen LogP contribution is -2.71. The number of allylic oxidation sites excluding steroid dienone is 1. The van der Waals surface area contributed by atoms with Crippen molar-refractivity contribution < 1.29 is 34.2 Å². The van der Waals surface area contributed by atoms with Crippen LogP contribution in [0.1, 0.15) is 17.0 Å². The highest BCUT2D eigenvalue weighted by atomic mass is 32.2. The maximum atomic E-state index is 13.2. The molecule has 0 saturated carbocycles. The van der Waals surface area contributed by atoms with Crippen LogP contribution in [-0.4, -0.2) is 79.5 Å². The number of nitrogens with two attached hydrogens (primary N) is 1. The number of hydrogen-bond donors (Lipinski definition) is 4. The number of benzene rings is 1. The van der Waals surface area contributed by atoms with Crippen molar-refractivity contribution in [2.75, 3.05) is 25.7 Å². The van der Waals surface area contributed by atoms with Gasteiger partial charge >= 0.3 is 5.97 Å². The van der Waals surface area contributed by atoms with Gasteiger partial charge in [-0.1, -0.05) is 23.4 Å². The monoisotopic (exact) mass is 638 g/mol. The summed E-state index contributed by atoms with van der Waals surface area (Å²) in [6, 6.07) is 7.47. The van der Waals surface area contributed by atoms with Crippen LogP contribution in [0.15, 0.2) is 69.2 Å². The quantitative estimate of drug-likeness (QED) is 0.142. The number of nitrogens with one attached hydrogen (secondary N) is 1. The fourth-order valence-electron chi connectivity index (χ4n) is 4.64. The first-order valence-corrected chi connectivity index (χ1v) is 14.8. The number of oxime groups is 1. The molecule has 5 rings (SSSR count). The van der Waals surface area contributed by atoms with Crippen molar-refractivity contribution in [2.45, 2.75) is 18.0 Å². The lowest BCUT2D eigenvalue weighted by Gasteiger charge is -2.49. The second-order valence-electron chi connectivity index (χ2n) is 9.49. The van der Waals surface area contributed by atoms with Crippen LogP contribution in [-0.2, 0) is 25.8 Å². The van der Waals surface area contributed by atoms with Crippen LogP contribution >= 0.6 is 23.1 Å². The number of carbonyl (C=O) groups excluding carboxylic acids is 2. The van der Waals surface area contributed by atoms with E-state index >= 15 is 0 Å². The highest BCUT2D eigenvalue weighted by molar-refractivity contribution is 8.00. The molecule has 2 aliphatic heterocycles. The second-order valence-corrected chi connectivity index (χ2v) is 11.5. The number of hydrogen-bond acceptors (Lipinski definition) is 12. The zero-order valence-corrected chi connectivity index (χ0v) is 24.9. The van der Waals surface area contributed by atoms with E-state index in [9.17, 15) is 29.4 Å². The van der Waals surface area contributed by atoms with Gasteiger partial charge in [0.25, 0.3) is 11.8 Å². The standard InChI is InChI=1S/C28H26N6O8S2/c1-41-17-7-3-14(4-8-17)10-33-11-20(36)19(35)9-16(33)6-5-15-12-43-26-22(25(38)34(26)23(15)27(39)40)31-24(37)21(32-42-2)18-13-44-28(29)30-18/h3-9,11,13,22,26,36H,10,12H2,1-2H3,(H2,29,30)(H,31,37)(H,39,40)/t22-,26-/m1/s1. The zero-order chi connectivity index (χ0) is 31.5. The van der Waals surface area contributed by atoms with Gasteiger partial charge in [0.1, 0.15) is 35.7 Å². The third-order valence-electron chi connectivity index (χ3n) is 6.76. The molecule has 228 valence electrons. The predicted octanol–water partition coefficient (Wildman–Crippen LogP) is 1.45. The molecule has 1 aromatic carbocycles. The molecule has 3 aromatic rings. The minimum absolute atomic E-state index is 0.171. The molecule has 2 atom stereocenters. The van der Waals surface area contributed by atoms with E-state index in [0.29, 0.717) is 23.6 Å². The number of β-lactam (4-membered cyclic amide) rings is 1. The van der Waals surface area contributed by atoms with Gasteiger partial charge in [0, 0.05) is 29.4 Å². The number of aromatic nitrogens is 2. The average molecular weight is 639 g/mol. The van der Waals surface area contributed by atoms with Gasteiger partial charge in [-0.05, 0) is 29.3 Å².